The molecule has 4 nitrogen and oxygen atoms in total. The molecule has 1 saturated heterocycles. The summed E-state index contributed by atoms with van der Waals surface area (Å²) in [5, 5.41) is 5.25. The molecule has 1 amide bonds. The van der Waals surface area contributed by atoms with Gasteiger partial charge in [-0.2, -0.15) is 0 Å². The number of ether oxygens (including phenoxy) is 1. The lowest BCUT2D eigenvalue weighted by Gasteiger charge is -2.28. The number of nitrogens with zero attached hydrogens (tertiary/aromatic N) is 1. The summed E-state index contributed by atoms with van der Waals surface area (Å²) in [6, 6.07) is 4.00. The smallest absolute Gasteiger partial charge is 0.263 e. The molecule has 1 atom stereocenters. The van der Waals surface area contributed by atoms with Crippen molar-refractivity contribution in [2.75, 3.05) is 33.4 Å². The number of thiophene rings is 1. The number of nitrogens with one attached hydrogen (secondary N) is 1. The van der Waals surface area contributed by atoms with Gasteiger partial charge in [-0.3, -0.25) is 4.79 Å². The number of morpholine rings is 1. The summed E-state index contributed by atoms with van der Waals surface area (Å²) in [6.45, 7) is 3.00. The van der Waals surface area contributed by atoms with Gasteiger partial charge in [-0.15, -0.1) is 11.3 Å². The monoisotopic (exact) mass is 240 g/mol. The molecule has 0 aromatic carbocycles. The average Bonchev–Trinajstić information content (AvgIpc) is 2.83. The summed E-state index contributed by atoms with van der Waals surface area (Å²) in [5.74, 6) is 0.0855. The largest absolute Gasteiger partial charge is 0.378 e. The Morgan fingerprint density at radius 1 is 1.75 bits per heavy atom. The molecule has 5 heteroatoms. The van der Waals surface area contributed by atoms with Crippen molar-refractivity contribution in [1.29, 1.82) is 0 Å². The molecule has 16 heavy (non-hydrogen) atoms. The topological polar surface area (TPSA) is 41.6 Å². The molecule has 1 fully saturated rings. The molecule has 88 valence electrons. The molecular formula is C11H16N2O2S. The van der Waals surface area contributed by atoms with Gasteiger partial charge >= 0.3 is 0 Å². The first kappa shape index (κ1) is 11.6. The second kappa shape index (κ2) is 5.43. The Morgan fingerprint density at radius 2 is 2.62 bits per heavy atom. The van der Waals surface area contributed by atoms with E-state index in [2.05, 4.69) is 5.32 Å². The van der Waals surface area contributed by atoms with E-state index in [0.717, 1.165) is 18.0 Å². The predicted octanol–water partition coefficient (Wildman–Crippen LogP) is 0.809. The van der Waals surface area contributed by atoms with Crippen molar-refractivity contribution < 1.29 is 9.53 Å². The van der Waals surface area contributed by atoms with Gasteiger partial charge in [0.05, 0.1) is 18.1 Å². The summed E-state index contributed by atoms with van der Waals surface area (Å²) in [5.41, 5.74) is 0. The van der Waals surface area contributed by atoms with E-state index in [1.807, 2.05) is 24.6 Å². The number of amides is 1. The van der Waals surface area contributed by atoms with E-state index in [9.17, 15) is 4.79 Å². The molecule has 0 saturated carbocycles. The average molecular weight is 240 g/mol. The maximum atomic E-state index is 11.9. The molecule has 0 bridgehead atoms. The van der Waals surface area contributed by atoms with Gasteiger partial charge < -0.3 is 15.0 Å². The van der Waals surface area contributed by atoms with Gasteiger partial charge in [-0.05, 0) is 11.4 Å². The van der Waals surface area contributed by atoms with Crippen molar-refractivity contribution in [2.45, 2.75) is 6.04 Å². The zero-order valence-electron chi connectivity index (χ0n) is 9.31. The molecule has 1 aromatic rings. The molecule has 0 radical (unpaired) electrons. The third-order valence-corrected chi connectivity index (χ3v) is 3.43. The fraction of sp³-hybridized carbons (Fsp3) is 0.545. The minimum Gasteiger partial charge on any atom is -0.378 e. The van der Waals surface area contributed by atoms with Gasteiger partial charge in [0.15, 0.2) is 0 Å². The molecule has 0 spiro atoms. The van der Waals surface area contributed by atoms with Crippen LogP contribution in [0, 0.1) is 0 Å². The standard InChI is InChI=1S/C11H16N2O2S/c1-13(7-9-8-15-5-4-12-9)11(14)10-3-2-6-16-10/h2-3,6,9,12H,4-5,7-8H2,1H3. The number of hydrogen-bond acceptors (Lipinski definition) is 4. The van der Waals surface area contributed by atoms with Crippen molar-refractivity contribution in [3.63, 3.8) is 0 Å². The van der Waals surface area contributed by atoms with Crippen LogP contribution in [0.3, 0.4) is 0 Å². The fourth-order valence-electron chi connectivity index (χ4n) is 1.74. The summed E-state index contributed by atoms with van der Waals surface area (Å²) >= 11 is 1.48. The third-order valence-electron chi connectivity index (χ3n) is 2.57. The summed E-state index contributed by atoms with van der Waals surface area (Å²) in [4.78, 5) is 14.5. The molecular weight excluding hydrogens is 224 g/mol. The first-order valence-electron chi connectivity index (χ1n) is 5.37. The Labute approximate surface area is 99.2 Å². The second-order valence-corrected chi connectivity index (χ2v) is 4.84. The molecule has 1 N–H and O–H groups in total. The van der Waals surface area contributed by atoms with Gasteiger partial charge in [0.1, 0.15) is 0 Å². The van der Waals surface area contributed by atoms with Crippen LogP contribution in [0.15, 0.2) is 17.5 Å². The van der Waals surface area contributed by atoms with Gasteiger partial charge in [-0.25, -0.2) is 0 Å². The van der Waals surface area contributed by atoms with Crippen LogP contribution in [0.25, 0.3) is 0 Å². The first-order chi connectivity index (χ1) is 7.77. The van der Waals surface area contributed by atoms with E-state index in [4.69, 9.17) is 4.74 Å². The lowest BCUT2D eigenvalue weighted by Crippen LogP contribution is -2.48. The molecule has 2 rings (SSSR count). The zero-order chi connectivity index (χ0) is 11.4. The van der Waals surface area contributed by atoms with Crippen LogP contribution in [0.2, 0.25) is 0 Å². The van der Waals surface area contributed by atoms with Crippen LogP contribution >= 0.6 is 11.3 Å². The molecule has 1 aliphatic heterocycles. The van der Waals surface area contributed by atoms with Crippen molar-refractivity contribution in [2.24, 2.45) is 0 Å². The van der Waals surface area contributed by atoms with Crippen LogP contribution in [0.5, 0.6) is 0 Å². The Morgan fingerprint density at radius 3 is 3.25 bits per heavy atom. The number of carbonyl (C=O) groups excluding carboxylic acids is 1. The number of carbonyl (C=O) groups is 1. The van der Waals surface area contributed by atoms with Crippen molar-refractivity contribution in [3.05, 3.63) is 22.4 Å². The summed E-state index contributed by atoms with van der Waals surface area (Å²) < 4.78 is 5.36. The lowest BCUT2D eigenvalue weighted by atomic mass is 10.2. The molecule has 0 aliphatic carbocycles. The minimum absolute atomic E-state index is 0.0855. The second-order valence-electron chi connectivity index (χ2n) is 3.89. The SMILES string of the molecule is CN(CC1COCCN1)C(=O)c1cccs1. The Bertz CT molecular complexity index is 334. The summed E-state index contributed by atoms with van der Waals surface area (Å²) in [7, 11) is 1.83. The minimum atomic E-state index is 0.0855. The normalized spacial score (nSPS) is 20.7. The first-order valence-corrected chi connectivity index (χ1v) is 6.25. The van der Waals surface area contributed by atoms with Crippen molar-refractivity contribution in [3.8, 4) is 0 Å². The van der Waals surface area contributed by atoms with E-state index in [1.54, 1.807) is 4.90 Å². The van der Waals surface area contributed by atoms with E-state index in [-0.39, 0.29) is 11.9 Å². The Hall–Kier alpha value is -0.910. The van der Waals surface area contributed by atoms with Gasteiger partial charge in [0, 0.05) is 26.2 Å². The highest BCUT2D eigenvalue weighted by molar-refractivity contribution is 7.12. The van der Waals surface area contributed by atoms with Crippen LogP contribution < -0.4 is 5.32 Å². The predicted molar refractivity (Wildman–Crippen MR) is 63.9 cm³/mol. The van der Waals surface area contributed by atoms with E-state index < -0.39 is 0 Å². The van der Waals surface area contributed by atoms with Crippen molar-refractivity contribution in [1.82, 2.24) is 10.2 Å². The molecule has 1 unspecified atom stereocenters. The third kappa shape index (κ3) is 2.81. The maximum Gasteiger partial charge on any atom is 0.263 e. The zero-order valence-corrected chi connectivity index (χ0v) is 10.1. The van der Waals surface area contributed by atoms with Crippen LogP contribution in [0.1, 0.15) is 9.67 Å². The highest BCUT2D eigenvalue weighted by Crippen LogP contribution is 2.11. The Kier molecular flexibility index (Phi) is 3.93. The van der Waals surface area contributed by atoms with E-state index >= 15 is 0 Å². The van der Waals surface area contributed by atoms with Crippen molar-refractivity contribution >= 4 is 17.2 Å². The lowest BCUT2D eigenvalue weighted by molar-refractivity contribution is 0.0567. The van der Waals surface area contributed by atoms with Crippen LogP contribution in [0.4, 0.5) is 0 Å². The van der Waals surface area contributed by atoms with Gasteiger partial charge in [-0.1, -0.05) is 6.07 Å². The highest BCUT2D eigenvalue weighted by Gasteiger charge is 2.19. The number of likely N-dealkylation sites (N-methyl/N-ethyl adjacent to an activating group) is 1. The molecule has 1 aromatic heterocycles. The number of hydrogen-bond donors (Lipinski definition) is 1. The Balaban J connectivity index is 1.87. The van der Waals surface area contributed by atoms with E-state index in [0.29, 0.717) is 13.2 Å². The molecule has 2 heterocycles. The highest BCUT2D eigenvalue weighted by atomic mass is 32.1. The van der Waals surface area contributed by atoms with Gasteiger partial charge in [0.2, 0.25) is 0 Å². The quantitative estimate of drug-likeness (QED) is 0.850. The van der Waals surface area contributed by atoms with Crippen LogP contribution in [-0.4, -0.2) is 50.2 Å². The fourth-order valence-corrected chi connectivity index (χ4v) is 2.46. The van der Waals surface area contributed by atoms with E-state index in [1.165, 1.54) is 11.3 Å². The maximum absolute atomic E-state index is 11.9. The van der Waals surface area contributed by atoms with Crippen LogP contribution in [-0.2, 0) is 4.74 Å². The van der Waals surface area contributed by atoms with Gasteiger partial charge in [0.25, 0.3) is 5.91 Å². The number of rotatable bonds is 3. The summed E-state index contributed by atoms with van der Waals surface area (Å²) in [6.07, 6.45) is 0. The molecule has 1 aliphatic rings.